The van der Waals surface area contributed by atoms with E-state index in [0.29, 0.717) is 24.4 Å². The maximum absolute atomic E-state index is 12.2. The summed E-state index contributed by atoms with van der Waals surface area (Å²) < 4.78 is 6.64. The Hall–Kier alpha value is -1.86. The fraction of sp³-hybridized carbons (Fsp3) is 0.467. The van der Waals surface area contributed by atoms with Gasteiger partial charge in [0.1, 0.15) is 5.56 Å². The number of aliphatic hydroxyl groups is 1. The van der Waals surface area contributed by atoms with Crippen molar-refractivity contribution < 1.29 is 14.6 Å². The number of carbonyl (C=O) groups is 1. The standard InChI is InChI=1S/C15H21N3O3S/c1-18-9-13(15(17-18)21-2)14(20)16-6-3-11(4-7-19)12-5-8-22-10-12/h5,8-11,19H,3-4,6-7H2,1-2H3,(H,16,20)/t11-/m1/s1. The van der Waals surface area contributed by atoms with Crippen molar-refractivity contribution in [3.63, 3.8) is 0 Å². The average molecular weight is 323 g/mol. The van der Waals surface area contributed by atoms with Crippen molar-refractivity contribution >= 4 is 17.2 Å². The molecule has 1 amide bonds. The van der Waals surface area contributed by atoms with E-state index >= 15 is 0 Å². The Labute approximate surface area is 133 Å². The van der Waals surface area contributed by atoms with Gasteiger partial charge in [-0.15, -0.1) is 5.10 Å². The first-order valence-electron chi connectivity index (χ1n) is 7.14. The number of aromatic nitrogens is 2. The molecular formula is C15H21N3O3S. The van der Waals surface area contributed by atoms with E-state index in [0.717, 1.165) is 6.42 Å². The second-order valence-electron chi connectivity index (χ2n) is 5.04. The normalized spacial score (nSPS) is 12.1. The van der Waals surface area contributed by atoms with Crippen LogP contribution in [0.4, 0.5) is 0 Å². The molecule has 2 heterocycles. The van der Waals surface area contributed by atoms with Crippen LogP contribution in [0.15, 0.2) is 23.0 Å². The van der Waals surface area contributed by atoms with Crippen LogP contribution in [-0.2, 0) is 7.05 Å². The first-order chi connectivity index (χ1) is 10.7. The number of nitrogens with zero attached hydrogens (tertiary/aromatic N) is 2. The summed E-state index contributed by atoms with van der Waals surface area (Å²) in [5.74, 6) is 0.384. The monoisotopic (exact) mass is 323 g/mol. The predicted molar refractivity (Wildman–Crippen MR) is 85.5 cm³/mol. The van der Waals surface area contributed by atoms with E-state index in [9.17, 15) is 9.90 Å². The summed E-state index contributed by atoms with van der Waals surface area (Å²) >= 11 is 1.64. The Morgan fingerprint density at radius 3 is 3.00 bits per heavy atom. The molecular weight excluding hydrogens is 302 g/mol. The number of thiophene rings is 1. The minimum atomic E-state index is -0.196. The number of carbonyl (C=O) groups excluding carboxylic acids is 1. The number of rotatable bonds is 8. The predicted octanol–water partition coefficient (Wildman–Crippen LogP) is 1.78. The van der Waals surface area contributed by atoms with E-state index in [1.807, 2.05) is 5.38 Å². The van der Waals surface area contributed by atoms with E-state index in [1.165, 1.54) is 12.7 Å². The number of methoxy groups -OCH3 is 1. The zero-order chi connectivity index (χ0) is 15.9. The molecule has 0 fully saturated rings. The van der Waals surface area contributed by atoms with Crippen molar-refractivity contribution in [1.82, 2.24) is 15.1 Å². The van der Waals surface area contributed by atoms with Crippen molar-refractivity contribution in [2.24, 2.45) is 7.05 Å². The quantitative estimate of drug-likeness (QED) is 0.776. The van der Waals surface area contributed by atoms with E-state index in [-0.39, 0.29) is 18.4 Å². The second kappa shape index (κ2) is 7.95. The number of nitrogens with one attached hydrogen (secondary N) is 1. The third kappa shape index (κ3) is 4.08. The lowest BCUT2D eigenvalue weighted by atomic mass is 9.95. The Morgan fingerprint density at radius 2 is 2.36 bits per heavy atom. The summed E-state index contributed by atoms with van der Waals surface area (Å²) in [6.07, 6.45) is 3.12. The number of aryl methyl sites for hydroxylation is 1. The number of hydrogen-bond acceptors (Lipinski definition) is 5. The van der Waals surface area contributed by atoms with Crippen LogP contribution >= 0.6 is 11.3 Å². The van der Waals surface area contributed by atoms with Gasteiger partial charge in [-0.1, -0.05) is 0 Å². The van der Waals surface area contributed by atoms with Gasteiger partial charge in [0, 0.05) is 26.4 Å². The number of aliphatic hydroxyl groups excluding tert-OH is 1. The van der Waals surface area contributed by atoms with Gasteiger partial charge in [-0.25, -0.2) is 0 Å². The van der Waals surface area contributed by atoms with Crippen LogP contribution in [0.5, 0.6) is 5.88 Å². The highest BCUT2D eigenvalue weighted by Gasteiger charge is 2.17. The molecule has 1 atom stereocenters. The second-order valence-corrected chi connectivity index (χ2v) is 5.82. The van der Waals surface area contributed by atoms with Crippen LogP contribution in [0.1, 0.15) is 34.7 Å². The maximum Gasteiger partial charge on any atom is 0.258 e. The highest BCUT2D eigenvalue weighted by atomic mass is 32.1. The van der Waals surface area contributed by atoms with Crippen LogP contribution < -0.4 is 10.1 Å². The molecule has 0 unspecified atom stereocenters. The van der Waals surface area contributed by atoms with E-state index in [4.69, 9.17) is 4.74 Å². The number of amides is 1. The SMILES string of the molecule is COc1nn(C)cc1C(=O)NCC[C@H](CCO)c1ccsc1. The Bertz CT molecular complexity index is 595. The minimum absolute atomic E-state index is 0.144. The Balaban J connectivity index is 1.90. The lowest BCUT2D eigenvalue weighted by Crippen LogP contribution is -2.26. The van der Waals surface area contributed by atoms with Gasteiger partial charge in [-0.2, -0.15) is 11.3 Å². The number of ether oxygens (including phenoxy) is 1. The molecule has 0 spiro atoms. The van der Waals surface area contributed by atoms with Crippen LogP contribution in [0.3, 0.4) is 0 Å². The molecule has 0 saturated heterocycles. The summed E-state index contributed by atoms with van der Waals surface area (Å²) in [6.45, 7) is 0.683. The molecule has 0 aliphatic rings. The summed E-state index contributed by atoms with van der Waals surface area (Å²) in [7, 11) is 3.24. The largest absolute Gasteiger partial charge is 0.479 e. The molecule has 7 heteroatoms. The third-order valence-corrected chi connectivity index (χ3v) is 4.20. The summed E-state index contributed by atoms with van der Waals surface area (Å²) in [5.41, 5.74) is 1.64. The number of hydrogen-bond donors (Lipinski definition) is 2. The lowest BCUT2D eigenvalue weighted by molar-refractivity contribution is 0.0949. The highest BCUT2D eigenvalue weighted by Crippen LogP contribution is 2.25. The molecule has 0 aliphatic heterocycles. The zero-order valence-electron chi connectivity index (χ0n) is 12.8. The molecule has 2 aromatic rings. The first kappa shape index (κ1) is 16.5. The molecule has 22 heavy (non-hydrogen) atoms. The van der Waals surface area contributed by atoms with Gasteiger partial charge >= 0.3 is 0 Å². The van der Waals surface area contributed by atoms with Gasteiger partial charge in [-0.05, 0) is 41.1 Å². The molecule has 120 valence electrons. The third-order valence-electron chi connectivity index (χ3n) is 3.50. The van der Waals surface area contributed by atoms with E-state index in [1.54, 1.807) is 29.3 Å². The first-order valence-corrected chi connectivity index (χ1v) is 8.08. The van der Waals surface area contributed by atoms with Crippen molar-refractivity contribution in [3.8, 4) is 5.88 Å². The summed E-state index contributed by atoms with van der Waals surface area (Å²) in [4.78, 5) is 12.2. The topological polar surface area (TPSA) is 76.4 Å². The highest BCUT2D eigenvalue weighted by molar-refractivity contribution is 7.07. The van der Waals surface area contributed by atoms with Gasteiger partial charge in [-0.3, -0.25) is 9.48 Å². The summed E-state index contributed by atoms with van der Waals surface area (Å²) in [6, 6.07) is 2.07. The molecule has 0 aromatic carbocycles. The molecule has 2 N–H and O–H groups in total. The summed E-state index contributed by atoms with van der Waals surface area (Å²) in [5, 5.41) is 20.3. The van der Waals surface area contributed by atoms with Gasteiger partial charge in [0.25, 0.3) is 5.91 Å². The zero-order valence-corrected chi connectivity index (χ0v) is 13.6. The van der Waals surface area contributed by atoms with Crippen molar-refractivity contribution in [1.29, 1.82) is 0 Å². The van der Waals surface area contributed by atoms with Crippen LogP contribution in [0.25, 0.3) is 0 Å². The minimum Gasteiger partial charge on any atom is -0.479 e. The van der Waals surface area contributed by atoms with E-state index < -0.39 is 0 Å². The smallest absolute Gasteiger partial charge is 0.258 e. The Kier molecular flexibility index (Phi) is 5.97. The molecule has 2 rings (SSSR count). The van der Waals surface area contributed by atoms with Gasteiger partial charge in [0.05, 0.1) is 7.11 Å². The maximum atomic E-state index is 12.2. The molecule has 0 radical (unpaired) electrons. The molecule has 6 nitrogen and oxygen atoms in total. The Morgan fingerprint density at radius 1 is 1.55 bits per heavy atom. The van der Waals surface area contributed by atoms with Gasteiger partial charge < -0.3 is 15.2 Å². The van der Waals surface area contributed by atoms with Crippen molar-refractivity contribution in [2.45, 2.75) is 18.8 Å². The van der Waals surface area contributed by atoms with Crippen LogP contribution in [-0.4, -0.2) is 41.1 Å². The van der Waals surface area contributed by atoms with Crippen molar-refractivity contribution in [2.75, 3.05) is 20.3 Å². The van der Waals surface area contributed by atoms with Crippen molar-refractivity contribution in [3.05, 3.63) is 34.2 Å². The van der Waals surface area contributed by atoms with E-state index in [2.05, 4.69) is 21.9 Å². The fourth-order valence-electron chi connectivity index (χ4n) is 2.37. The fourth-order valence-corrected chi connectivity index (χ4v) is 3.11. The van der Waals surface area contributed by atoms with Gasteiger partial charge in [0.2, 0.25) is 5.88 Å². The van der Waals surface area contributed by atoms with Crippen LogP contribution in [0, 0.1) is 0 Å². The average Bonchev–Trinajstić information content (AvgIpc) is 3.15. The van der Waals surface area contributed by atoms with Gasteiger partial charge in [0.15, 0.2) is 0 Å². The molecule has 2 aromatic heterocycles. The lowest BCUT2D eigenvalue weighted by Gasteiger charge is -2.14. The molecule has 0 aliphatic carbocycles. The van der Waals surface area contributed by atoms with Crippen LogP contribution in [0.2, 0.25) is 0 Å². The molecule has 0 bridgehead atoms. The molecule has 0 saturated carbocycles.